The Morgan fingerprint density at radius 1 is 1.29 bits per heavy atom. The third kappa shape index (κ3) is 4.18. The molecule has 1 rings (SSSR count). The molecule has 17 heavy (non-hydrogen) atoms. The molecule has 1 aromatic carbocycles. The normalized spacial score (nSPS) is 10.9. The van der Waals surface area contributed by atoms with Crippen LogP contribution in [0.25, 0.3) is 0 Å². The van der Waals surface area contributed by atoms with E-state index in [9.17, 15) is 4.39 Å². The molecule has 0 bridgehead atoms. The van der Waals surface area contributed by atoms with E-state index in [1.54, 1.807) is 13.0 Å². The Bertz CT molecular complexity index is 435. The summed E-state index contributed by atoms with van der Waals surface area (Å²) in [6.07, 6.45) is 6.12. The summed E-state index contributed by atoms with van der Waals surface area (Å²) in [6, 6.07) is 5.48. The molecule has 0 heterocycles. The Hall–Kier alpha value is -1.37. The smallest absolute Gasteiger partial charge is 0.126 e. The van der Waals surface area contributed by atoms with E-state index in [0.717, 1.165) is 18.4 Å². The van der Waals surface area contributed by atoms with Crippen molar-refractivity contribution in [3.05, 3.63) is 58.4 Å². The van der Waals surface area contributed by atoms with Crippen LogP contribution in [0.1, 0.15) is 38.3 Å². The van der Waals surface area contributed by atoms with Crippen molar-refractivity contribution in [1.29, 1.82) is 0 Å². The third-order valence-electron chi connectivity index (χ3n) is 2.83. The molecular weight excluding hydrogens is 211 g/mol. The van der Waals surface area contributed by atoms with E-state index >= 15 is 0 Å². The highest BCUT2D eigenvalue weighted by Crippen LogP contribution is 2.16. The molecule has 0 amide bonds. The van der Waals surface area contributed by atoms with Crippen LogP contribution >= 0.6 is 0 Å². The zero-order valence-electron chi connectivity index (χ0n) is 11.2. The summed E-state index contributed by atoms with van der Waals surface area (Å²) in [6.45, 7) is 8.10. The fraction of sp³-hybridized carbons (Fsp3) is 0.375. The first-order valence-electron chi connectivity index (χ1n) is 6.12. The van der Waals surface area contributed by atoms with Gasteiger partial charge in [-0.2, -0.15) is 0 Å². The SMILES string of the molecule is CC/C=C\C(Cc1ccc(C)c(F)c1)=C(C)C. The molecule has 0 aliphatic heterocycles. The number of rotatable bonds is 4. The van der Waals surface area contributed by atoms with Crippen molar-refractivity contribution >= 4 is 0 Å². The van der Waals surface area contributed by atoms with Crippen molar-refractivity contribution < 1.29 is 4.39 Å². The van der Waals surface area contributed by atoms with E-state index < -0.39 is 0 Å². The number of aryl methyl sites for hydroxylation is 1. The standard InChI is InChI=1S/C16H21F/c1-5-6-7-15(12(2)3)10-14-9-8-13(4)16(17)11-14/h6-9,11H,5,10H2,1-4H3/b7-6-. The van der Waals surface area contributed by atoms with Crippen LogP contribution in [0.3, 0.4) is 0 Å². The van der Waals surface area contributed by atoms with Crippen LogP contribution in [0.15, 0.2) is 41.5 Å². The topological polar surface area (TPSA) is 0 Å². The van der Waals surface area contributed by atoms with Crippen molar-refractivity contribution in [2.24, 2.45) is 0 Å². The molecule has 1 heteroatoms. The van der Waals surface area contributed by atoms with Gasteiger partial charge in [-0.05, 0) is 56.4 Å². The molecule has 0 saturated carbocycles. The lowest BCUT2D eigenvalue weighted by molar-refractivity contribution is 0.616. The van der Waals surface area contributed by atoms with Crippen molar-refractivity contribution in [2.75, 3.05) is 0 Å². The number of allylic oxidation sites excluding steroid dienone is 4. The molecule has 0 nitrogen and oxygen atoms in total. The highest BCUT2D eigenvalue weighted by Gasteiger charge is 2.02. The van der Waals surface area contributed by atoms with E-state index in [1.807, 2.05) is 12.1 Å². The first kappa shape index (κ1) is 13.7. The summed E-state index contributed by atoms with van der Waals surface area (Å²) in [5, 5.41) is 0. The van der Waals surface area contributed by atoms with E-state index in [1.165, 1.54) is 11.1 Å². The number of hydrogen-bond acceptors (Lipinski definition) is 0. The van der Waals surface area contributed by atoms with Gasteiger partial charge in [0.15, 0.2) is 0 Å². The van der Waals surface area contributed by atoms with Gasteiger partial charge in [0.2, 0.25) is 0 Å². The molecule has 0 fully saturated rings. The van der Waals surface area contributed by atoms with Gasteiger partial charge in [0.1, 0.15) is 5.82 Å². The van der Waals surface area contributed by atoms with Crippen molar-refractivity contribution in [1.82, 2.24) is 0 Å². The van der Waals surface area contributed by atoms with E-state index in [4.69, 9.17) is 0 Å². The van der Waals surface area contributed by atoms with Gasteiger partial charge >= 0.3 is 0 Å². The average Bonchev–Trinajstić information content (AvgIpc) is 2.28. The minimum Gasteiger partial charge on any atom is -0.207 e. The molecule has 0 atom stereocenters. The minimum atomic E-state index is -0.116. The number of halogens is 1. The van der Waals surface area contributed by atoms with Gasteiger partial charge in [0.25, 0.3) is 0 Å². The van der Waals surface area contributed by atoms with Crippen LogP contribution in [0.2, 0.25) is 0 Å². The Morgan fingerprint density at radius 3 is 2.53 bits per heavy atom. The first-order chi connectivity index (χ1) is 8.04. The highest BCUT2D eigenvalue weighted by atomic mass is 19.1. The number of hydrogen-bond donors (Lipinski definition) is 0. The zero-order chi connectivity index (χ0) is 12.8. The molecular formula is C16H21F. The molecule has 0 radical (unpaired) electrons. The average molecular weight is 232 g/mol. The number of benzene rings is 1. The van der Waals surface area contributed by atoms with Gasteiger partial charge in [-0.15, -0.1) is 0 Å². The van der Waals surface area contributed by atoms with E-state index in [-0.39, 0.29) is 5.82 Å². The molecule has 0 aliphatic rings. The van der Waals surface area contributed by atoms with E-state index in [2.05, 4.69) is 32.9 Å². The summed E-state index contributed by atoms with van der Waals surface area (Å²) in [5.41, 5.74) is 4.30. The van der Waals surface area contributed by atoms with Gasteiger partial charge in [0, 0.05) is 0 Å². The zero-order valence-corrected chi connectivity index (χ0v) is 11.2. The van der Waals surface area contributed by atoms with Crippen molar-refractivity contribution in [3.8, 4) is 0 Å². The predicted octanol–water partition coefficient (Wildman–Crippen LogP) is 4.98. The molecule has 0 aliphatic carbocycles. The lowest BCUT2D eigenvalue weighted by atomic mass is 9.99. The second-order valence-corrected chi connectivity index (χ2v) is 4.60. The molecule has 0 saturated heterocycles. The van der Waals surface area contributed by atoms with Gasteiger partial charge in [-0.1, -0.05) is 36.8 Å². The third-order valence-corrected chi connectivity index (χ3v) is 2.83. The fourth-order valence-electron chi connectivity index (χ4n) is 1.63. The van der Waals surface area contributed by atoms with E-state index in [0.29, 0.717) is 5.56 Å². The molecule has 0 N–H and O–H groups in total. The molecule has 1 aromatic rings. The second-order valence-electron chi connectivity index (χ2n) is 4.60. The summed E-state index contributed by atoms with van der Waals surface area (Å²) < 4.78 is 13.4. The first-order valence-corrected chi connectivity index (χ1v) is 6.12. The monoisotopic (exact) mass is 232 g/mol. The Morgan fingerprint density at radius 2 is 2.00 bits per heavy atom. The largest absolute Gasteiger partial charge is 0.207 e. The predicted molar refractivity (Wildman–Crippen MR) is 72.6 cm³/mol. The van der Waals surface area contributed by atoms with Crippen LogP contribution < -0.4 is 0 Å². The highest BCUT2D eigenvalue weighted by molar-refractivity contribution is 5.33. The molecule has 0 spiro atoms. The van der Waals surface area contributed by atoms with Crippen LogP contribution in [-0.4, -0.2) is 0 Å². The maximum atomic E-state index is 13.4. The van der Waals surface area contributed by atoms with Crippen molar-refractivity contribution in [3.63, 3.8) is 0 Å². The van der Waals surface area contributed by atoms with Gasteiger partial charge in [-0.25, -0.2) is 4.39 Å². The summed E-state index contributed by atoms with van der Waals surface area (Å²) >= 11 is 0. The van der Waals surface area contributed by atoms with Crippen LogP contribution in [0.4, 0.5) is 4.39 Å². The quantitative estimate of drug-likeness (QED) is 0.642. The Kier molecular flexibility index (Phi) is 5.14. The molecule has 0 aromatic heterocycles. The maximum Gasteiger partial charge on any atom is 0.126 e. The maximum absolute atomic E-state index is 13.4. The van der Waals surface area contributed by atoms with Crippen LogP contribution in [0, 0.1) is 12.7 Å². The fourth-order valence-corrected chi connectivity index (χ4v) is 1.63. The lowest BCUT2D eigenvalue weighted by Crippen LogP contribution is -1.93. The van der Waals surface area contributed by atoms with Crippen LogP contribution in [0.5, 0.6) is 0 Å². The second kappa shape index (κ2) is 6.39. The summed E-state index contributed by atoms with van der Waals surface area (Å²) in [5.74, 6) is -0.116. The van der Waals surface area contributed by atoms with Crippen LogP contribution in [-0.2, 0) is 6.42 Å². The molecule has 0 unspecified atom stereocenters. The van der Waals surface area contributed by atoms with Gasteiger partial charge < -0.3 is 0 Å². The minimum absolute atomic E-state index is 0.116. The lowest BCUT2D eigenvalue weighted by Gasteiger charge is -2.07. The van der Waals surface area contributed by atoms with Crippen molar-refractivity contribution in [2.45, 2.75) is 40.5 Å². The molecule has 92 valence electrons. The van der Waals surface area contributed by atoms with Gasteiger partial charge in [-0.3, -0.25) is 0 Å². The Labute approximate surface area is 104 Å². The summed E-state index contributed by atoms with van der Waals surface area (Å²) in [7, 11) is 0. The Balaban J connectivity index is 2.91. The summed E-state index contributed by atoms with van der Waals surface area (Å²) in [4.78, 5) is 0. The van der Waals surface area contributed by atoms with Gasteiger partial charge in [0.05, 0.1) is 0 Å².